The van der Waals surface area contributed by atoms with Crippen LogP contribution in [0, 0.1) is 0 Å². The molecule has 0 amide bonds. The minimum Gasteiger partial charge on any atom is -0.411 e. The van der Waals surface area contributed by atoms with Crippen LogP contribution in [-0.2, 0) is 0 Å². The number of hydrogen-bond acceptors (Lipinski definition) is 5. The lowest BCUT2D eigenvalue weighted by Gasteiger charge is -2.07. The second-order valence-electron chi connectivity index (χ2n) is 3.41. The van der Waals surface area contributed by atoms with Gasteiger partial charge in [-0.05, 0) is 12.1 Å². The van der Waals surface area contributed by atoms with E-state index in [1.165, 1.54) is 0 Å². The minimum absolute atomic E-state index is 0.643. The molecule has 1 aromatic carbocycles. The van der Waals surface area contributed by atoms with Crippen molar-refractivity contribution >= 4 is 28.1 Å². The van der Waals surface area contributed by atoms with Crippen LogP contribution in [0.5, 0.6) is 0 Å². The first-order valence-corrected chi connectivity index (χ1v) is 5.00. The number of nitrogens with zero attached hydrogens (tertiary/aromatic N) is 2. The SMILES string of the molecule is CNc1cc(NC)c2c(NC)nn(O)c2c1. The lowest BCUT2D eigenvalue weighted by atomic mass is 10.2. The summed E-state index contributed by atoms with van der Waals surface area (Å²) in [6.45, 7) is 0. The number of benzene rings is 1. The van der Waals surface area contributed by atoms with Gasteiger partial charge in [-0.25, -0.2) is 0 Å². The van der Waals surface area contributed by atoms with E-state index in [1.54, 1.807) is 7.05 Å². The number of anilines is 3. The number of nitrogens with one attached hydrogen (secondary N) is 3. The van der Waals surface area contributed by atoms with Crippen molar-refractivity contribution in [2.24, 2.45) is 0 Å². The average molecular weight is 221 g/mol. The highest BCUT2D eigenvalue weighted by Gasteiger charge is 2.13. The number of fused-ring (bicyclic) bond motifs is 1. The molecule has 86 valence electrons. The predicted octanol–water partition coefficient (Wildman–Crippen LogP) is 1.40. The molecule has 0 radical (unpaired) electrons. The van der Waals surface area contributed by atoms with Gasteiger partial charge in [-0.3, -0.25) is 0 Å². The lowest BCUT2D eigenvalue weighted by molar-refractivity contribution is 0.162. The van der Waals surface area contributed by atoms with Crippen LogP contribution >= 0.6 is 0 Å². The largest absolute Gasteiger partial charge is 0.411 e. The second-order valence-corrected chi connectivity index (χ2v) is 3.41. The van der Waals surface area contributed by atoms with E-state index >= 15 is 0 Å². The molecule has 1 aromatic heterocycles. The van der Waals surface area contributed by atoms with E-state index in [9.17, 15) is 5.21 Å². The van der Waals surface area contributed by atoms with Gasteiger partial charge in [0.15, 0.2) is 5.82 Å². The average Bonchev–Trinajstić information content (AvgIpc) is 2.65. The van der Waals surface area contributed by atoms with Crippen LogP contribution in [0.1, 0.15) is 0 Å². The molecule has 0 aliphatic rings. The Morgan fingerprint density at radius 1 is 1.12 bits per heavy atom. The zero-order valence-electron chi connectivity index (χ0n) is 9.50. The quantitative estimate of drug-likeness (QED) is 0.589. The van der Waals surface area contributed by atoms with Gasteiger partial charge < -0.3 is 21.2 Å². The third-order valence-corrected chi connectivity index (χ3v) is 2.56. The summed E-state index contributed by atoms with van der Waals surface area (Å²) in [6, 6.07) is 3.80. The Morgan fingerprint density at radius 2 is 1.88 bits per heavy atom. The van der Waals surface area contributed by atoms with Crippen molar-refractivity contribution in [3.8, 4) is 0 Å². The first-order valence-electron chi connectivity index (χ1n) is 5.00. The zero-order valence-corrected chi connectivity index (χ0v) is 9.50. The molecule has 4 N–H and O–H groups in total. The van der Waals surface area contributed by atoms with Crippen molar-refractivity contribution in [2.75, 3.05) is 37.1 Å². The topological polar surface area (TPSA) is 74.1 Å². The maximum Gasteiger partial charge on any atom is 0.161 e. The summed E-state index contributed by atoms with van der Waals surface area (Å²) >= 11 is 0. The second kappa shape index (κ2) is 3.80. The van der Waals surface area contributed by atoms with Gasteiger partial charge in [0, 0.05) is 32.5 Å². The molecule has 2 rings (SSSR count). The Balaban J connectivity index is 2.80. The molecule has 0 atom stereocenters. The third-order valence-electron chi connectivity index (χ3n) is 2.56. The van der Waals surface area contributed by atoms with Crippen LogP contribution in [0.3, 0.4) is 0 Å². The summed E-state index contributed by atoms with van der Waals surface area (Å²) in [6.07, 6.45) is 0. The molecule has 6 heteroatoms. The Kier molecular flexibility index (Phi) is 2.47. The van der Waals surface area contributed by atoms with Gasteiger partial charge in [-0.2, -0.15) is 0 Å². The third kappa shape index (κ3) is 1.39. The van der Waals surface area contributed by atoms with E-state index in [4.69, 9.17) is 0 Å². The number of rotatable bonds is 3. The lowest BCUT2D eigenvalue weighted by Crippen LogP contribution is -1.96. The van der Waals surface area contributed by atoms with Gasteiger partial charge >= 0.3 is 0 Å². The fourth-order valence-electron chi connectivity index (χ4n) is 1.75. The fourth-order valence-corrected chi connectivity index (χ4v) is 1.75. The summed E-state index contributed by atoms with van der Waals surface area (Å²) in [5, 5.41) is 23.6. The molecule has 0 bridgehead atoms. The normalized spacial score (nSPS) is 10.4. The van der Waals surface area contributed by atoms with E-state index < -0.39 is 0 Å². The standard InChI is InChI=1S/C10H15N5O/c1-11-6-4-7(12-2)9-8(5-6)15(16)14-10(9)13-3/h4-5,11-12,16H,1-3H3,(H,13,14). The summed E-state index contributed by atoms with van der Waals surface area (Å²) in [7, 11) is 5.44. The van der Waals surface area contributed by atoms with Crippen molar-refractivity contribution in [2.45, 2.75) is 0 Å². The van der Waals surface area contributed by atoms with Crippen molar-refractivity contribution < 1.29 is 5.21 Å². The highest BCUT2D eigenvalue weighted by Crippen LogP contribution is 2.32. The van der Waals surface area contributed by atoms with Crippen LogP contribution in [0.25, 0.3) is 10.9 Å². The van der Waals surface area contributed by atoms with Gasteiger partial charge in [0.25, 0.3) is 0 Å². The molecule has 0 fully saturated rings. The molecule has 0 saturated carbocycles. The van der Waals surface area contributed by atoms with Crippen molar-refractivity contribution in [1.29, 1.82) is 0 Å². The highest BCUT2D eigenvalue weighted by molar-refractivity contribution is 6.02. The maximum absolute atomic E-state index is 9.67. The van der Waals surface area contributed by atoms with E-state index in [1.807, 2.05) is 26.2 Å². The Hall–Kier alpha value is -2.11. The summed E-state index contributed by atoms with van der Waals surface area (Å²) in [5.41, 5.74) is 2.47. The van der Waals surface area contributed by atoms with Crippen LogP contribution in [0.2, 0.25) is 0 Å². The molecule has 0 aliphatic carbocycles. The monoisotopic (exact) mass is 221 g/mol. The van der Waals surface area contributed by atoms with Crippen molar-refractivity contribution in [1.82, 2.24) is 9.94 Å². The molecule has 1 heterocycles. The molecular formula is C10H15N5O. The highest BCUT2D eigenvalue weighted by atomic mass is 16.5. The smallest absolute Gasteiger partial charge is 0.161 e. The Labute approximate surface area is 93.2 Å². The Morgan fingerprint density at radius 3 is 2.44 bits per heavy atom. The van der Waals surface area contributed by atoms with Gasteiger partial charge in [0.05, 0.1) is 5.39 Å². The summed E-state index contributed by atoms with van der Waals surface area (Å²) < 4.78 is 0. The van der Waals surface area contributed by atoms with E-state index in [0.717, 1.165) is 21.6 Å². The van der Waals surface area contributed by atoms with Gasteiger partial charge in [-0.1, -0.05) is 4.85 Å². The molecule has 2 aromatic rings. The molecule has 6 nitrogen and oxygen atoms in total. The van der Waals surface area contributed by atoms with Gasteiger partial charge in [0.1, 0.15) is 5.52 Å². The van der Waals surface area contributed by atoms with Gasteiger partial charge in [0.2, 0.25) is 0 Å². The minimum atomic E-state index is 0.643. The zero-order chi connectivity index (χ0) is 11.7. The van der Waals surface area contributed by atoms with Crippen molar-refractivity contribution in [3.05, 3.63) is 12.1 Å². The molecule has 16 heavy (non-hydrogen) atoms. The first-order chi connectivity index (χ1) is 7.71. The maximum atomic E-state index is 9.67. The molecule has 0 spiro atoms. The molecule has 0 saturated heterocycles. The molecular weight excluding hydrogens is 206 g/mol. The van der Waals surface area contributed by atoms with Crippen LogP contribution in [0.15, 0.2) is 12.1 Å². The summed E-state index contributed by atoms with van der Waals surface area (Å²) in [5.74, 6) is 0.643. The van der Waals surface area contributed by atoms with Gasteiger partial charge in [-0.15, -0.1) is 5.10 Å². The van der Waals surface area contributed by atoms with Crippen molar-refractivity contribution in [3.63, 3.8) is 0 Å². The number of hydrogen-bond donors (Lipinski definition) is 4. The summed E-state index contributed by atoms with van der Waals surface area (Å²) in [4.78, 5) is 0.878. The van der Waals surface area contributed by atoms with E-state index in [-0.39, 0.29) is 0 Å². The number of aromatic nitrogens is 2. The predicted molar refractivity (Wildman–Crippen MR) is 65.6 cm³/mol. The first kappa shape index (κ1) is 10.4. The molecule has 0 unspecified atom stereocenters. The van der Waals surface area contributed by atoms with E-state index in [2.05, 4.69) is 21.0 Å². The van der Waals surface area contributed by atoms with Crippen LogP contribution < -0.4 is 16.0 Å². The Bertz CT molecular complexity index is 519. The molecule has 0 aliphatic heterocycles. The van der Waals surface area contributed by atoms with E-state index in [0.29, 0.717) is 11.3 Å². The fraction of sp³-hybridized carbons (Fsp3) is 0.300. The van der Waals surface area contributed by atoms with Crippen LogP contribution in [-0.4, -0.2) is 36.3 Å². The van der Waals surface area contributed by atoms with Crippen LogP contribution in [0.4, 0.5) is 17.2 Å².